The fourth-order valence-electron chi connectivity index (χ4n) is 1.72. The van der Waals surface area contributed by atoms with Crippen LogP contribution in [0.25, 0.3) is 0 Å². The van der Waals surface area contributed by atoms with Gasteiger partial charge in [0.2, 0.25) is 0 Å². The van der Waals surface area contributed by atoms with Crippen LogP contribution in [0.3, 0.4) is 0 Å². The van der Waals surface area contributed by atoms with Crippen LogP contribution in [0.1, 0.15) is 72.1 Å². The van der Waals surface area contributed by atoms with E-state index in [0.717, 1.165) is 12.3 Å². The topological polar surface area (TPSA) is 0 Å². The minimum Gasteiger partial charge on any atom is -0.293 e. The molecular formula is C21H36Y+. The molecule has 0 atom stereocenters. The van der Waals surface area contributed by atoms with E-state index in [4.69, 9.17) is 6.58 Å². The number of unbranched alkanes of at least 4 members (excludes halogenated alkanes) is 4. The largest absolute Gasteiger partial charge is 3.00 e. The van der Waals surface area contributed by atoms with Crippen molar-refractivity contribution in [2.75, 3.05) is 0 Å². The van der Waals surface area contributed by atoms with Gasteiger partial charge in [-0.3, -0.25) is 6.58 Å². The van der Waals surface area contributed by atoms with Crippen molar-refractivity contribution in [3.63, 3.8) is 0 Å². The Kier molecular flexibility index (Phi) is 31.5. The van der Waals surface area contributed by atoms with E-state index < -0.39 is 0 Å². The Morgan fingerprint density at radius 3 is 2.18 bits per heavy atom. The molecule has 0 aromatic heterocycles. The summed E-state index contributed by atoms with van der Waals surface area (Å²) in [6.07, 6.45) is 24.0. The van der Waals surface area contributed by atoms with E-state index in [2.05, 4.69) is 52.0 Å². The van der Waals surface area contributed by atoms with Gasteiger partial charge in [-0.25, -0.2) is 31.2 Å². The van der Waals surface area contributed by atoms with Gasteiger partial charge in [0.25, 0.3) is 0 Å². The second-order valence-electron chi connectivity index (χ2n) is 5.62. The summed E-state index contributed by atoms with van der Waals surface area (Å²) in [6, 6.07) is 0. The number of allylic oxidation sites excluding steroid dienone is 7. The van der Waals surface area contributed by atoms with E-state index in [1.165, 1.54) is 44.9 Å². The van der Waals surface area contributed by atoms with E-state index in [1.807, 2.05) is 12.2 Å². The molecule has 0 aliphatic carbocycles. The van der Waals surface area contributed by atoms with E-state index in [0.29, 0.717) is 0 Å². The predicted octanol–water partition coefficient (Wildman–Crippen LogP) is 7.26. The van der Waals surface area contributed by atoms with Gasteiger partial charge < -0.3 is 0 Å². The zero-order valence-corrected chi connectivity index (χ0v) is 18.0. The molecule has 0 bridgehead atoms. The molecule has 0 aromatic rings. The quantitative estimate of drug-likeness (QED) is 0.154. The van der Waals surface area contributed by atoms with E-state index in [9.17, 15) is 0 Å². The first-order valence-electron chi connectivity index (χ1n) is 8.48. The molecule has 0 nitrogen and oxygen atoms in total. The van der Waals surface area contributed by atoms with Crippen molar-refractivity contribution in [3.05, 3.63) is 56.0 Å². The van der Waals surface area contributed by atoms with Gasteiger partial charge in [-0.1, -0.05) is 58.6 Å². The maximum absolute atomic E-state index is 5.19. The van der Waals surface area contributed by atoms with Gasteiger partial charge in [0.15, 0.2) is 0 Å². The first-order valence-corrected chi connectivity index (χ1v) is 8.48. The number of rotatable bonds is 11. The van der Waals surface area contributed by atoms with Crippen molar-refractivity contribution in [2.45, 2.75) is 72.1 Å². The smallest absolute Gasteiger partial charge is 0.293 e. The second kappa shape index (κ2) is 25.9. The van der Waals surface area contributed by atoms with Gasteiger partial charge in [-0.2, -0.15) is 6.08 Å². The molecule has 0 aromatic carbocycles. The average Bonchev–Trinajstić information content (AvgIpc) is 2.47. The summed E-state index contributed by atoms with van der Waals surface area (Å²) in [5, 5.41) is 0. The second-order valence-corrected chi connectivity index (χ2v) is 5.62. The van der Waals surface area contributed by atoms with E-state index in [-0.39, 0.29) is 32.7 Å². The van der Waals surface area contributed by atoms with Gasteiger partial charge in [0, 0.05) is 0 Å². The van der Waals surface area contributed by atoms with Gasteiger partial charge in [-0.15, -0.1) is 6.42 Å². The Morgan fingerprint density at radius 2 is 1.64 bits per heavy atom. The van der Waals surface area contributed by atoms with Crippen molar-refractivity contribution in [1.82, 2.24) is 0 Å². The van der Waals surface area contributed by atoms with Crippen LogP contribution < -0.4 is 0 Å². The summed E-state index contributed by atoms with van der Waals surface area (Å²) < 4.78 is 0. The molecule has 0 rings (SSSR count). The molecule has 0 N–H and O–H groups in total. The van der Waals surface area contributed by atoms with Crippen molar-refractivity contribution >= 4 is 0 Å². The minimum atomic E-state index is 0. The summed E-state index contributed by atoms with van der Waals surface area (Å²) in [4.78, 5) is 0. The molecule has 0 unspecified atom stereocenters. The molecule has 0 amide bonds. The summed E-state index contributed by atoms with van der Waals surface area (Å²) in [7, 11) is 0. The maximum Gasteiger partial charge on any atom is 3.00 e. The molecule has 1 heteroatoms. The fraction of sp³-hybridized carbons (Fsp3) is 0.571. The Hall–Kier alpha value is -0.0661. The zero-order valence-electron chi connectivity index (χ0n) is 15.1. The van der Waals surface area contributed by atoms with Crippen LogP contribution in [-0.4, -0.2) is 0 Å². The first-order chi connectivity index (χ1) is 10.2. The monoisotopic (exact) mass is 377 g/mol. The van der Waals surface area contributed by atoms with Crippen molar-refractivity contribution in [3.8, 4) is 0 Å². The normalized spacial score (nSPS) is 10.9. The van der Waals surface area contributed by atoms with Crippen molar-refractivity contribution < 1.29 is 32.7 Å². The van der Waals surface area contributed by atoms with Crippen LogP contribution in [0.5, 0.6) is 0 Å². The third kappa shape index (κ3) is 32.0. The van der Waals surface area contributed by atoms with Gasteiger partial charge in [-0.05, 0) is 25.2 Å². The van der Waals surface area contributed by atoms with Crippen LogP contribution in [-0.2, 0) is 32.7 Å². The molecule has 0 aliphatic heterocycles. The molecule has 0 spiro atoms. The first kappa shape index (κ1) is 26.8. The molecular weight excluding hydrogens is 341 g/mol. The minimum absolute atomic E-state index is 0. The molecule has 0 saturated heterocycles. The van der Waals surface area contributed by atoms with Crippen molar-refractivity contribution in [1.29, 1.82) is 0 Å². The zero-order chi connectivity index (χ0) is 16.2. The van der Waals surface area contributed by atoms with Crippen LogP contribution in [0.15, 0.2) is 42.5 Å². The third-order valence-corrected chi connectivity index (χ3v) is 2.98. The van der Waals surface area contributed by atoms with E-state index >= 15 is 0 Å². The van der Waals surface area contributed by atoms with Crippen LogP contribution in [0.2, 0.25) is 0 Å². The Balaban J connectivity index is -0.000000348. The van der Waals surface area contributed by atoms with Crippen LogP contribution in [0, 0.1) is 19.4 Å². The fourth-order valence-corrected chi connectivity index (χ4v) is 1.72. The molecule has 0 heterocycles. The molecule has 0 saturated carbocycles. The Bertz CT molecular complexity index is 272. The van der Waals surface area contributed by atoms with Crippen LogP contribution in [0.4, 0.5) is 0 Å². The van der Waals surface area contributed by atoms with Gasteiger partial charge in [0.1, 0.15) is 0 Å². The number of hydrogen-bond acceptors (Lipinski definition) is 0. The molecule has 22 heavy (non-hydrogen) atoms. The third-order valence-electron chi connectivity index (χ3n) is 2.98. The standard InChI is InChI=1S/C13H21.C8H15.Y/c1-4-5-6-7-8-9-10-11-12-13(2)3;1-3-5-7-8-6-4-2;/h1,4-6,8-9,13H,7,10-12H2,2-3H3;3,5H,1,4,6-8H2,2H3;/q2*-1;+3/b6-5+,9-8+;5-3+;. The Morgan fingerprint density at radius 1 is 0.955 bits per heavy atom. The number of hydrogen-bond donors (Lipinski definition) is 0. The summed E-state index contributed by atoms with van der Waals surface area (Å²) in [5.74, 6) is 0.833. The molecule has 0 aliphatic rings. The summed E-state index contributed by atoms with van der Waals surface area (Å²) in [6.45, 7) is 15.5. The summed E-state index contributed by atoms with van der Waals surface area (Å²) in [5.41, 5.74) is 0. The Labute approximate surface area is 166 Å². The molecule has 0 fully saturated rings. The molecule has 0 radical (unpaired) electrons. The van der Waals surface area contributed by atoms with Crippen molar-refractivity contribution in [2.24, 2.45) is 5.92 Å². The SMILES string of the molecule is [CH-]=C/C=C/C/C=C/CCCC(C)C.[CH2-]/C=C/CCCCC.[Y+3]. The van der Waals surface area contributed by atoms with E-state index in [1.54, 1.807) is 6.08 Å². The van der Waals surface area contributed by atoms with Crippen LogP contribution >= 0.6 is 0 Å². The van der Waals surface area contributed by atoms with Gasteiger partial charge >= 0.3 is 32.7 Å². The maximum atomic E-state index is 5.19. The molecule has 122 valence electrons. The average molecular weight is 377 g/mol. The van der Waals surface area contributed by atoms with Gasteiger partial charge in [0.05, 0.1) is 0 Å². The summed E-state index contributed by atoms with van der Waals surface area (Å²) >= 11 is 0. The predicted molar refractivity (Wildman–Crippen MR) is 99.1 cm³/mol.